The van der Waals surface area contributed by atoms with Crippen LogP contribution in [0.4, 0.5) is 0 Å². The van der Waals surface area contributed by atoms with Crippen molar-refractivity contribution >= 4 is 63.7 Å². The van der Waals surface area contributed by atoms with E-state index >= 15 is 0 Å². The molecule has 0 aliphatic rings. The zero-order chi connectivity index (χ0) is 18.5. The maximum Gasteiger partial charge on any atom is 0.186 e. The molecule has 2 aromatic carbocycles. The minimum Gasteiger partial charge on any atom is -0.223 e. The Morgan fingerprint density at radius 2 is 0.960 bits per heavy atom. The molecule has 0 aliphatic carbocycles. The summed E-state index contributed by atoms with van der Waals surface area (Å²) in [6, 6.07) is 14.0. The van der Waals surface area contributed by atoms with E-state index in [1.54, 1.807) is 48.5 Å². The van der Waals surface area contributed by atoms with E-state index in [1.807, 2.05) is 0 Å². The van der Waals surface area contributed by atoms with Gasteiger partial charge in [0.25, 0.3) is 0 Å². The van der Waals surface area contributed by atoms with Crippen LogP contribution in [0.3, 0.4) is 0 Å². The average Bonchev–Trinajstić information content (AvgIpc) is 2.53. The number of rotatable bonds is 6. The van der Waals surface area contributed by atoms with Crippen molar-refractivity contribution in [2.24, 2.45) is 0 Å². The van der Waals surface area contributed by atoms with Crippen molar-refractivity contribution in [2.75, 3.05) is 5.08 Å². The molecule has 0 amide bonds. The molecule has 0 aliphatic heterocycles. The molecule has 0 saturated carbocycles. The van der Waals surface area contributed by atoms with Gasteiger partial charge in [0, 0.05) is 19.8 Å². The van der Waals surface area contributed by atoms with Crippen molar-refractivity contribution in [3.8, 4) is 0 Å². The lowest BCUT2D eigenvalue weighted by molar-refractivity contribution is 0.598. The van der Waals surface area contributed by atoms with Crippen LogP contribution < -0.4 is 0 Å². The van der Waals surface area contributed by atoms with Crippen LogP contribution in [-0.4, -0.2) is 21.9 Å². The zero-order valence-corrected chi connectivity index (χ0v) is 17.6. The van der Waals surface area contributed by atoms with E-state index in [0.717, 1.165) is 19.8 Å². The first-order valence-electron chi connectivity index (χ1n) is 6.98. The monoisotopic (exact) mass is 504 g/mol. The van der Waals surface area contributed by atoms with Crippen LogP contribution in [0.1, 0.15) is 11.1 Å². The van der Waals surface area contributed by atoms with E-state index in [4.69, 9.17) is 0 Å². The summed E-state index contributed by atoms with van der Waals surface area (Å²) in [5, 5.41) is 0.864. The maximum absolute atomic E-state index is 12.0. The largest absolute Gasteiger partial charge is 0.223 e. The highest BCUT2D eigenvalue weighted by Gasteiger charge is 2.17. The summed E-state index contributed by atoms with van der Waals surface area (Å²) in [5.74, 6) is 0. The maximum atomic E-state index is 12.0. The Labute approximate surface area is 164 Å². The third-order valence-electron chi connectivity index (χ3n) is 3.00. The van der Waals surface area contributed by atoms with E-state index in [9.17, 15) is 16.8 Å². The van der Waals surface area contributed by atoms with Gasteiger partial charge in [-0.25, -0.2) is 16.8 Å². The second-order valence-corrected chi connectivity index (χ2v) is 11.1. The Morgan fingerprint density at radius 1 is 0.640 bits per heavy atom. The summed E-state index contributed by atoms with van der Waals surface area (Å²) in [7, 11) is -7.80. The molecule has 0 N–H and O–H groups in total. The summed E-state index contributed by atoms with van der Waals surface area (Å²) in [4.78, 5) is 0. The Balaban J connectivity index is 2.09. The van der Waals surface area contributed by atoms with Gasteiger partial charge in [0.2, 0.25) is 0 Å². The van der Waals surface area contributed by atoms with Gasteiger partial charge in [0.1, 0.15) is 0 Å². The molecule has 2 aromatic rings. The summed E-state index contributed by atoms with van der Waals surface area (Å²) in [5.41, 5.74) is 1.32. The van der Waals surface area contributed by atoms with Crippen molar-refractivity contribution in [3.63, 3.8) is 0 Å². The fourth-order valence-corrected chi connectivity index (χ4v) is 5.54. The molecule has 0 aromatic heterocycles. The highest BCUT2D eigenvalue weighted by molar-refractivity contribution is 9.10. The van der Waals surface area contributed by atoms with Crippen molar-refractivity contribution in [2.45, 2.75) is 0 Å². The second-order valence-electron chi connectivity index (χ2n) is 5.15. The van der Waals surface area contributed by atoms with Crippen LogP contribution in [0, 0.1) is 0 Å². The third-order valence-corrected chi connectivity index (χ3v) is 7.79. The molecule has 8 heteroatoms. The molecule has 2 rings (SSSR count). The Bertz CT molecular complexity index is 906. The number of halogens is 2. The predicted octanol–water partition coefficient (Wildman–Crippen LogP) is 4.64. The number of sulfone groups is 2. The lowest BCUT2D eigenvalue weighted by Crippen LogP contribution is -2.11. The van der Waals surface area contributed by atoms with Gasteiger partial charge >= 0.3 is 0 Å². The molecule has 0 fully saturated rings. The van der Waals surface area contributed by atoms with E-state index < -0.39 is 24.8 Å². The Kier molecular flexibility index (Phi) is 6.79. The first-order valence-corrected chi connectivity index (χ1v) is 12.0. The number of hydrogen-bond acceptors (Lipinski definition) is 4. The topological polar surface area (TPSA) is 68.3 Å². The van der Waals surface area contributed by atoms with Gasteiger partial charge in [0.05, 0.1) is 0 Å². The molecule has 0 saturated heterocycles. The number of benzene rings is 2. The second kappa shape index (κ2) is 8.44. The quantitative estimate of drug-likeness (QED) is 0.573. The fraction of sp³-hybridized carbons (Fsp3) is 0.0588. The van der Waals surface area contributed by atoms with Crippen LogP contribution in [0.15, 0.2) is 68.3 Å². The standard InChI is InChI=1S/C17H14Br2O4S2/c18-16-5-1-14(2-6-16)9-11-24(20,21)13-25(22,23)12-10-15-3-7-17(19)8-4-15/h1-12H,13H2. The van der Waals surface area contributed by atoms with Gasteiger partial charge in [0.15, 0.2) is 24.8 Å². The minimum absolute atomic E-state index is 0.662. The van der Waals surface area contributed by atoms with Crippen molar-refractivity contribution in [3.05, 3.63) is 79.4 Å². The van der Waals surface area contributed by atoms with Crippen LogP contribution in [0.2, 0.25) is 0 Å². The van der Waals surface area contributed by atoms with Gasteiger partial charge in [-0.3, -0.25) is 0 Å². The smallest absolute Gasteiger partial charge is 0.186 e. The molecule has 0 spiro atoms. The fourth-order valence-electron chi connectivity index (χ4n) is 1.82. The Morgan fingerprint density at radius 3 is 1.28 bits per heavy atom. The molecule has 0 atom stereocenters. The lowest BCUT2D eigenvalue weighted by Gasteiger charge is -1.99. The Hall–Kier alpha value is -1.22. The molecule has 0 unspecified atom stereocenters. The zero-order valence-electron chi connectivity index (χ0n) is 12.8. The average molecular weight is 506 g/mol. The van der Waals surface area contributed by atoms with Crippen LogP contribution >= 0.6 is 31.9 Å². The highest BCUT2D eigenvalue weighted by atomic mass is 79.9. The van der Waals surface area contributed by atoms with Gasteiger partial charge in [-0.1, -0.05) is 56.1 Å². The summed E-state index contributed by atoms with van der Waals surface area (Å²) < 4.78 is 49.8. The first kappa shape index (κ1) is 20.1. The summed E-state index contributed by atoms with van der Waals surface area (Å²) >= 11 is 6.57. The van der Waals surface area contributed by atoms with Gasteiger partial charge < -0.3 is 0 Å². The van der Waals surface area contributed by atoms with Crippen molar-refractivity contribution < 1.29 is 16.8 Å². The van der Waals surface area contributed by atoms with Crippen molar-refractivity contribution in [1.29, 1.82) is 0 Å². The molecule has 25 heavy (non-hydrogen) atoms. The molecule has 0 radical (unpaired) electrons. The normalized spacial score (nSPS) is 12.9. The molecule has 0 bridgehead atoms. The SMILES string of the molecule is O=S(=O)(C=Cc1ccc(Br)cc1)CS(=O)(=O)C=Cc1ccc(Br)cc1. The molecule has 0 heterocycles. The molecule has 4 nitrogen and oxygen atoms in total. The van der Waals surface area contributed by atoms with Crippen molar-refractivity contribution in [1.82, 2.24) is 0 Å². The summed E-state index contributed by atoms with van der Waals surface area (Å²) in [6.45, 7) is 0. The summed E-state index contributed by atoms with van der Waals surface area (Å²) in [6.07, 6.45) is 2.74. The van der Waals surface area contributed by atoms with Crippen LogP contribution in [0.25, 0.3) is 12.2 Å². The number of hydrogen-bond donors (Lipinski definition) is 0. The lowest BCUT2D eigenvalue weighted by atomic mass is 10.2. The van der Waals surface area contributed by atoms with Crippen LogP contribution in [-0.2, 0) is 19.7 Å². The first-order chi connectivity index (χ1) is 11.7. The van der Waals surface area contributed by atoms with E-state index in [2.05, 4.69) is 31.9 Å². The van der Waals surface area contributed by atoms with Gasteiger partial charge in [-0.2, -0.15) is 0 Å². The minimum atomic E-state index is -3.90. The highest BCUT2D eigenvalue weighted by Crippen LogP contribution is 2.14. The molecular weight excluding hydrogens is 492 g/mol. The van der Waals surface area contributed by atoms with Gasteiger partial charge in [-0.15, -0.1) is 0 Å². The molecule has 132 valence electrons. The molecular formula is C17H14Br2O4S2. The van der Waals surface area contributed by atoms with Gasteiger partial charge in [-0.05, 0) is 47.5 Å². The van der Waals surface area contributed by atoms with E-state index in [0.29, 0.717) is 11.1 Å². The van der Waals surface area contributed by atoms with Crippen LogP contribution in [0.5, 0.6) is 0 Å². The third kappa shape index (κ3) is 7.27. The van der Waals surface area contributed by atoms with E-state index in [-0.39, 0.29) is 0 Å². The predicted molar refractivity (Wildman–Crippen MR) is 109 cm³/mol. The van der Waals surface area contributed by atoms with E-state index in [1.165, 1.54) is 12.2 Å².